The van der Waals surface area contributed by atoms with Crippen molar-refractivity contribution in [3.05, 3.63) is 23.9 Å². The second kappa shape index (κ2) is 18.3. The fourth-order valence-corrected chi connectivity index (χ4v) is 10.3. The summed E-state index contributed by atoms with van der Waals surface area (Å²) < 4.78 is 110. The number of carbonyl (C=O) groups excluding carboxylic acids is 4. The highest BCUT2D eigenvalue weighted by Crippen LogP contribution is 2.50. The van der Waals surface area contributed by atoms with E-state index < -0.39 is 129 Å². The van der Waals surface area contributed by atoms with Gasteiger partial charge in [-0.3, -0.25) is 19.1 Å². The van der Waals surface area contributed by atoms with E-state index in [2.05, 4.69) is 20.6 Å². The van der Waals surface area contributed by atoms with Crippen molar-refractivity contribution >= 4 is 44.9 Å². The first-order valence-corrected chi connectivity index (χ1v) is 24.0. The third-order valence-electron chi connectivity index (χ3n) is 13.6. The first-order chi connectivity index (χ1) is 30.5. The van der Waals surface area contributed by atoms with Crippen molar-refractivity contribution in [3.63, 3.8) is 0 Å². The second-order valence-electron chi connectivity index (χ2n) is 19.5. The van der Waals surface area contributed by atoms with Gasteiger partial charge >= 0.3 is 6.09 Å². The van der Waals surface area contributed by atoms with Crippen LogP contribution in [-0.4, -0.2) is 115 Å². The van der Waals surface area contributed by atoms with Crippen molar-refractivity contribution in [3.8, 4) is 11.6 Å². The maximum absolute atomic E-state index is 16.3. The Labute approximate surface area is 376 Å². The van der Waals surface area contributed by atoms with E-state index in [4.69, 9.17) is 18.9 Å². The number of alkyl halides is 4. The summed E-state index contributed by atoms with van der Waals surface area (Å²) in [5.74, 6) is -9.85. The quantitative estimate of drug-likeness (QED) is 0.271. The highest BCUT2D eigenvalue weighted by molar-refractivity contribution is 7.91. The van der Waals surface area contributed by atoms with Gasteiger partial charge in [-0.2, -0.15) is 8.78 Å². The molecule has 65 heavy (non-hydrogen) atoms. The van der Waals surface area contributed by atoms with Crippen LogP contribution in [0.5, 0.6) is 11.6 Å². The second-order valence-corrected chi connectivity index (χ2v) is 21.7. The van der Waals surface area contributed by atoms with Crippen LogP contribution in [0.15, 0.2) is 18.2 Å². The number of ether oxygens (including phenoxy) is 4. The van der Waals surface area contributed by atoms with E-state index in [1.165, 1.54) is 39.0 Å². The highest BCUT2D eigenvalue weighted by atomic mass is 32.2. The van der Waals surface area contributed by atoms with Crippen LogP contribution in [0.1, 0.15) is 111 Å². The average molecular weight is 941 g/mol. The largest absolute Gasteiger partial charge is 0.497 e. The third kappa shape index (κ3) is 10.2. The molecule has 2 saturated heterocycles. The van der Waals surface area contributed by atoms with Crippen LogP contribution in [0.3, 0.4) is 0 Å². The molecule has 8 rings (SSSR count). The molecule has 8 atom stereocenters. The van der Waals surface area contributed by atoms with Crippen LogP contribution in [0.25, 0.3) is 11.0 Å². The SMILES string of the molecule is C1CCOC1.CC[C@@H]1[C@@H]2CN(C(=O)[C@H](C(C)(C)C)NC(=O)O[C@@H]3C[C@H]3CCCCC(F)(F)c3nc4ccc(OC)cc4nc3O2)[C@@H]1C(=O)N[C@]1(C(=O)NS(=O)(=O)C2(C)CC2)C[C@H]1C(F)F. The molecule has 5 fully saturated rings. The Balaban J connectivity index is 0.00000118. The molecule has 2 bridgehead atoms. The number of amides is 4. The molecular formula is C44H60F4N6O10S. The van der Waals surface area contributed by atoms with Gasteiger partial charge in [-0.15, -0.1) is 0 Å². The first kappa shape index (κ1) is 48.4. The molecule has 21 heteroatoms. The molecule has 0 unspecified atom stereocenters. The number of hydrogen-bond donors (Lipinski definition) is 3. The molecule has 0 spiro atoms. The molecule has 6 aliphatic rings. The number of methoxy groups -OCH3 is 1. The number of hydrogen-bond acceptors (Lipinski definition) is 12. The van der Waals surface area contributed by atoms with Crippen LogP contribution in [-0.2, 0) is 39.8 Å². The van der Waals surface area contributed by atoms with Crippen molar-refractivity contribution in [2.75, 3.05) is 26.9 Å². The summed E-state index contributed by atoms with van der Waals surface area (Å²) in [6, 6.07) is 1.59. The van der Waals surface area contributed by atoms with Crippen molar-refractivity contribution < 1.29 is 64.1 Å². The van der Waals surface area contributed by atoms with Crippen LogP contribution in [0.4, 0.5) is 22.4 Å². The highest BCUT2D eigenvalue weighted by Gasteiger charge is 2.68. The lowest BCUT2D eigenvalue weighted by molar-refractivity contribution is -0.144. The lowest BCUT2D eigenvalue weighted by atomic mass is 9.85. The predicted octanol–water partition coefficient (Wildman–Crippen LogP) is 5.75. The summed E-state index contributed by atoms with van der Waals surface area (Å²) in [5.41, 5.74) is -3.83. The zero-order valence-electron chi connectivity index (χ0n) is 37.6. The molecule has 4 amide bonds. The van der Waals surface area contributed by atoms with Crippen LogP contribution in [0.2, 0.25) is 0 Å². The number of halogens is 4. The number of sulfonamides is 1. The van der Waals surface area contributed by atoms with Gasteiger partial charge in [0.25, 0.3) is 11.8 Å². The van der Waals surface area contributed by atoms with Gasteiger partial charge in [0.2, 0.25) is 34.1 Å². The van der Waals surface area contributed by atoms with Gasteiger partial charge in [0, 0.05) is 31.6 Å². The Morgan fingerprint density at radius 2 is 1.72 bits per heavy atom. The fraction of sp³-hybridized carbons (Fsp3) is 0.727. The number of carbonyl (C=O) groups is 4. The minimum absolute atomic E-state index is 0.0516. The van der Waals surface area contributed by atoms with E-state index in [0.29, 0.717) is 25.0 Å². The summed E-state index contributed by atoms with van der Waals surface area (Å²) >= 11 is 0. The standard InChI is InChI=1S/C40H52F4N6O9S.C4H8O/c1-7-22-27-19-50(28(22)32(51)48-39(18-23(39)31(41)42)35(53)49-60(55,56)38(5)14-15-38)34(52)30(37(2,3)4)47-36(54)59-26-16-20(26)10-8-9-13-40(43,44)29-33(58-27)46-25-17-21(57-6)11-12-24(25)45-29;1-2-4-5-3-1/h11-12,17,20,22-23,26-28,30-31H,7-10,13-16,18-19H2,1-6H3,(H,47,54)(H,48,51)(H,49,53);1-4H2/t20-,22-,23+,26-,27+,28+,30-,39-;/m1./s1. The Morgan fingerprint density at radius 1 is 1.02 bits per heavy atom. The van der Waals surface area contributed by atoms with Crippen molar-refractivity contribution in [2.24, 2.45) is 23.2 Å². The van der Waals surface area contributed by atoms with E-state index in [0.717, 1.165) is 18.1 Å². The van der Waals surface area contributed by atoms with E-state index in [1.54, 1.807) is 33.8 Å². The third-order valence-corrected chi connectivity index (χ3v) is 15.8. The molecule has 4 heterocycles. The zero-order chi connectivity index (χ0) is 47.3. The molecule has 1 aromatic heterocycles. The molecule has 3 aliphatic carbocycles. The lowest BCUT2D eigenvalue weighted by Crippen LogP contribution is -2.61. The Kier molecular flexibility index (Phi) is 13.6. The molecule has 2 aromatic rings. The molecule has 0 radical (unpaired) electrons. The van der Waals surface area contributed by atoms with Gasteiger partial charge in [0.15, 0.2) is 5.69 Å². The van der Waals surface area contributed by atoms with E-state index >= 15 is 8.78 Å². The van der Waals surface area contributed by atoms with Gasteiger partial charge in [0.05, 0.1) is 35.4 Å². The van der Waals surface area contributed by atoms with E-state index in [-0.39, 0.29) is 42.6 Å². The van der Waals surface area contributed by atoms with E-state index in [1.807, 2.05) is 4.72 Å². The smallest absolute Gasteiger partial charge is 0.408 e. The number of aromatic nitrogens is 2. The normalized spacial score (nSPS) is 30.8. The molecule has 3 saturated carbocycles. The number of benzene rings is 1. The number of fused-ring (bicyclic) bond motifs is 5. The van der Waals surface area contributed by atoms with Crippen LogP contribution in [0, 0.1) is 23.2 Å². The number of alkyl carbamates (subject to hydrolysis) is 1. The molecule has 360 valence electrons. The fourth-order valence-electron chi connectivity index (χ4n) is 8.94. The van der Waals surface area contributed by atoms with Crippen molar-refractivity contribution in [1.82, 2.24) is 30.2 Å². The Hall–Kier alpha value is -4.53. The maximum Gasteiger partial charge on any atom is 0.408 e. The summed E-state index contributed by atoms with van der Waals surface area (Å²) in [6.07, 6.45) is -2.36. The van der Waals surface area contributed by atoms with Gasteiger partial charge in [-0.25, -0.2) is 32.0 Å². The predicted molar refractivity (Wildman–Crippen MR) is 227 cm³/mol. The number of nitrogens with zero attached hydrogens (tertiary/aromatic N) is 3. The Bertz CT molecular complexity index is 2250. The number of nitrogens with one attached hydrogen (secondary N) is 3. The summed E-state index contributed by atoms with van der Waals surface area (Å²) in [5, 5.41) is 5.06. The average Bonchev–Trinajstić information content (AvgIpc) is 4.19. The lowest BCUT2D eigenvalue weighted by Gasteiger charge is -2.36. The van der Waals surface area contributed by atoms with Crippen molar-refractivity contribution in [2.45, 2.75) is 152 Å². The van der Waals surface area contributed by atoms with Gasteiger partial charge in [-0.05, 0) is 88.2 Å². The molecule has 3 aliphatic heterocycles. The molecule has 16 nitrogen and oxygen atoms in total. The van der Waals surface area contributed by atoms with Crippen LogP contribution < -0.4 is 24.8 Å². The summed E-state index contributed by atoms with van der Waals surface area (Å²) in [6.45, 7) is 9.62. The molecule has 1 aromatic carbocycles. The Morgan fingerprint density at radius 3 is 2.31 bits per heavy atom. The van der Waals surface area contributed by atoms with Gasteiger partial charge < -0.3 is 34.5 Å². The zero-order valence-corrected chi connectivity index (χ0v) is 38.4. The van der Waals surface area contributed by atoms with Crippen LogP contribution >= 0.6 is 0 Å². The first-order valence-electron chi connectivity index (χ1n) is 22.5. The van der Waals surface area contributed by atoms with Gasteiger partial charge in [-0.1, -0.05) is 34.1 Å². The summed E-state index contributed by atoms with van der Waals surface area (Å²) in [7, 11) is -2.89. The van der Waals surface area contributed by atoms with E-state index in [9.17, 15) is 36.4 Å². The molecular weight excluding hydrogens is 881 g/mol. The van der Waals surface area contributed by atoms with Gasteiger partial charge in [0.1, 0.15) is 35.6 Å². The monoisotopic (exact) mass is 940 g/mol. The molecule has 3 N–H and O–H groups in total. The minimum Gasteiger partial charge on any atom is -0.497 e. The van der Waals surface area contributed by atoms with Crippen molar-refractivity contribution in [1.29, 1.82) is 0 Å². The summed E-state index contributed by atoms with van der Waals surface area (Å²) in [4.78, 5) is 66.3. The topological polar surface area (TPSA) is 204 Å². The number of rotatable bonds is 8. The maximum atomic E-state index is 16.3. The minimum atomic E-state index is -4.31.